The number of nitrogens with zero attached hydrogens (tertiary/aromatic N) is 1. The van der Waals surface area contributed by atoms with Crippen molar-refractivity contribution in [1.29, 1.82) is 0 Å². The Balaban J connectivity index is 1.61. The highest BCUT2D eigenvalue weighted by Gasteiger charge is 2.53. The Morgan fingerprint density at radius 3 is 2.38 bits per heavy atom. The summed E-state index contributed by atoms with van der Waals surface area (Å²) in [7, 11) is 4.66. The quantitative estimate of drug-likeness (QED) is 0.629. The molecule has 1 aliphatic carbocycles. The molecule has 5 unspecified atom stereocenters. The van der Waals surface area contributed by atoms with Gasteiger partial charge in [-0.05, 0) is 55.7 Å². The standard InChI is InChI=1S/C26H33NO7/c1-14-7-8-18-17(10-14)23(28)21-22(15-11-19(30-2)24(32-4)20(12-15)31-3)27(26(29)25(21)34-18)13-16-6-5-9-33-16/h11-12,14,16-18,22H,5-10,13H2,1-4H3. The van der Waals surface area contributed by atoms with Crippen molar-refractivity contribution in [2.24, 2.45) is 11.8 Å². The summed E-state index contributed by atoms with van der Waals surface area (Å²) >= 11 is 0. The Hall–Kier alpha value is -2.74. The molecule has 1 saturated heterocycles. The van der Waals surface area contributed by atoms with Crippen LogP contribution >= 0.6 is 0 Å². The van der Waals surface area contributed by atoms with Gasteiger partial charge in [-0.25, -0.2) is 0 Å². The summed E-state index contributed by atoms with van der Waals surface area (Å²) in [6.07, 6.45) is 4.13. The number of hydrogen-bond acceptors (Lipinski definition) is 7. The van der Waals surface area contributed by atoms with Gasteiger partial charge >= 0.3 is 0 Å². The highest BCUT2D eigenvalue weighted by atomic mass is 16.5. The minimum Gasteiger partial charge on any atom is -0.493 e. The van der Waals surface area contributed by atoms with Crippen LogP contribution in [0, 0.1) is 11.8 Å². The lowest BCUT2D eigenvalue weighted by Gasteiger charge is -2.37. The average molecular weight is 472 g/mol. The zero-order valence-corrected chi connectivity index (χ0v) is 20.3. The van der Waals surface area contributed by atoms with Crippen molar-refractivity contribution in [3.63, 3.8) is 0 Å². The topological polar surface area (TPSA) is 83.5 Å². The van der Waals surface area contributed by atoms with Gasteiger partial charge in [0.05, 0.1) is 45.0 Å². The summed E-state index contributed by atoms with van der Waals surface area (Å²) in [5.74, 6) is 1.64. The fourth-order valence-corrected chi connectivity index (χ4v) is 5.93. The van der Waals surface area contributed by atoms with Crippen LogP contribution in [0.25, 0.3) is 0 Å². The molecule has 34 heavy (non-hydrogen) atoms. The second-order valence-corrected chi connectivity index (χ2v) is 9.74. The molecule has 2 fully saturated rings. The highest BCUT2D eigenvalue weighted by Crippen LogP contribution is 2.50. The van der Waals surface area contributed by atoms with Crippen LogP contribution in [0.5, 0.6) is 17.2 Å². The van der Waals surface area contributed by atoms with E-state index in [2.05, 4.69) is 6.92 Å². The van der Waals surface area contributed by atoms with Crippen molar-refractivity contribution in [2.45, 2.75) is 57.3 Å². The number of methoxy groups -OCH3 is 3. The van der Waals surface area contributed by atoms with Gasteiger partial charge in [-0.15, -0.1) is 0 Å². The normalized spacial score (nSPS) is 30.7. The van der Waals surface area contributed by atoms with Crippen molar-refractivity contribution in [1.82, 2.24) is 4.90 Å². The summed E-state index contributed by atoms with van der Waals surface area (Å²) in [4.78, 5) is 29.3. The first kappa shape index (κ1) is 23.0. The molecule has 8 nitrogen and oxygen atoms in total. The van der Waals surface area contributed by atoms with Crippen molar-refractivity contribution >= 4 is 11.7 Å². The van der Waals surface area contributed by atoms with Crippen LogP contribution in [-0.2, 0) is 19.1 Å². The maximum Gasteiger partial charge on any atom is 0.290 e. The van der Waals surface area contributed by atoms with Crippen LogP contribution in [0.3, 0.4) is 0 Å². The van der Waals surface area contributed by atoms with Crippen LogP contribution in [0.2, 0.25) is 0 Å². The summed E-state index contributed by atoms with van der Waals surface area (Å²) in [6, 6.07) is 3.05. The zero-order chi connectivity index (χ0) is 24.0. The average Bonchev–Trinajstić information content (AvgIpc) is 3.46. The third kappa shape index (κ3) is 3.72. The molecule has 8 heteroatoms. The third-order valence-electron chi connectivity index (χ3n) is 7.63. The number of carbonyl (C=O) groups excluding carboxylic acids is 2. The zero-order valence-electron chi connectivity index (χ0n) is 20.3. The molecule has 3 aliphatic heterocycles. The number of fused-ring (bicyclic) bond motifs is 1. The van der Waals surface area contributed by atoms with Crippen LogP contribution in [0.4, 0.5) is 0 Å². The van der Waals surface area contributed by atoms with Gasteiger partial charge in [-0.1, -0.05) is 6.92 Å². The first-order chi connectivity index (χ1) is 16.5. The number of carbonyl (C=O) groups is 2. The molecular weight excluding hydrogens is 438 g/mol. The number of Topliss-reactive ketones (excluding diaryl/α,β-unsaturated/α-hetero) is 1. The first-order valence-corrected chi connectivity index (χ1v) is 12.1. The second-order valence-electron chi connectivity index (χ2n) is 9.74. The molecular formula is C26H33NO7. The summed E-state index contributed by atoms with van der Waals surface area (Å²) < 4.78 is 28.8. The molecule has 5 rings (SSSR count). The van der Waals surface area contributed by atoms with E-state index in [0.717, 1.165) is 37.7 Å². The molecule has 0 spiro atoms. The maximum atomic E-state index is 13.9. The SMILES string of the molecule is COc1cc(C2C3=C(OC4CCC(C)CC4C3=O)C(=O)N2CC2CCCO2)cc(OC)c1OC. The summed E-state index contributed by atoms with van der Waals surface area (Å²) in [6.45, 7) is 3.26. The number of amides is 1. The third-order valence-corrected chi connectivity index (χ3v) is 7.63. The van der Waals surface area contributed by atoms with Crippen LogP contribution in [-0.4, -0.2) is 63.3 Å². The van der Waals surface area contributed by atoms with Crippen molar-refractivity contribution in [3.05, 3.63) is 29.0 Å². The van der Waals surface area contributed by atoms with E-state index in [1.807, 2.05) is 12.1 Å². The Labute approximate surface area is 200 Å². The Morgan fingerprint density at radius 1 is 1.03 bits per heavy atom. The first-order valence-electron chi connectivity index (χ1n) is 12.1. The highest BCUT2D eigenvalue weighted by molar-refractivity contribution is 6.11. The van der Waals surface area contributed by atoms with E-state index in [9.17, 15) is 9.59 Å². The van der Waals surface area contributed by atoms with Gasteiger partial charge in [0.2, 0.25) is 5.75 Å². The lowest BCUT2D eigenvalue weighted by atomic mass is 9.74. The van der Waals surface area contributed by atoms with Crippen LogP contribution < -0.4 is 14.2 Å². The van der Waals surface area contributed by atoms with Gasteiger partial charge < -0.3 is 28.6 Å². The van der Waals surface area contributed by atoms with E-state index in [-0.39, 0.29) is 35.6 Å². The molecule has 0 bridgehead atoms. The molecule has 4 aliphatic rings. The minimum atomic E-state index is -0.592. The molecule has 0 radical (unpaired) electrons. The Morgan fingerprint density at radius 2 is 1.76 bits per heavy atom. The lowest BCUT2D eigenvalue weighted by molar-refractivity contribution is -0.136. The fraction of sp³-hybridized carbons (Fsp3) is 0.615. The largest absolute Gasteiger partial charge is 0.493 e. The molecule has 1 aromatic rings. The summed E-state index contributed by atoms with van der Waals surface area (Å²) in [5, 5.41) is 0. The predicted octanol–water partition coefficient (Wildman–Crippen LogP) is 3.43. The summed E-state index contributed by atoms with van der Waals surface area (Å²) in [5.41, 5.74) is 1.18. The van der Waals surface area contributed by atoms with Gasteiger partial charge in [-0.3, -0.25) is 9.59 Å². The van der Waals surface area contributed by atoms with Gasteiger partial charge in [0.25, 0.3) is 5.91 Å². The number of ketones is 1. The predicted molar refractivity (Wildman–Crippen MR) is 123 cm³/mol. The number of ether oxygens (including phenoxy) is 5. The molecule has 1 saturated carbocycles. The van der Waals surface area contributed by atoms with Gasteiger partial charge in [0.1, 0.15) is 6.10 Å². The number of hydrogen-bond donors (Lipinski definition) is 0. The lowest BCUT2D eigenvalue weighted by Crippen LogP contribution is -2.41. The molecule has 0 aromatic heterocycles. The number of benzene rings is 1. The Kier molecular flexibility index (Phi) is 6.18. The smallest absolute Gasteiger partial charge is 0.290 e. The molecule has 0 N–H and O–H groups in total. The molecule has 1 amide bonds. The van der Waals surface area contributed by atoms with E-state index in [0.29, 0.717) is 41.9 Å². The van der Waals surface area contributed by atoms with Crippen LogP contribution in [0.1, 0.15) is 50.6 Å². The van der Waals surface area contributed by atoms with Gasteiger partial charge in [-0.2, -0.15) is 0 Å². The van der Waals surface area contributed by atoms with E-state index in [1.54, 1.807) is 26.2 Å². The molecule has 1 aromatic carbocycles. The maximum absolute atomic E-state index is 13.9. The molecule has 3 heterocycles. The Bertz CT molecular complexity index is 987. The van der Waals surface area contributed by atoms with E-state index in [1.165, 1.54) is 0 Å². The molecule has 5 atom stereocenters. The van der Waals surface area contributed by atoms with E-state index < -0.39 is 6.04 Å². The fourth-order valence-electron chi connectivity index (χ4n) is 5.93. The van der Waals surface area contributed by atoms with Crippen molar-refractivity contribution in [2.75, 3.05) is 34.5 Å². The van der Waals surface area contributed by atoms with Gasteiger partial charge in [0, 0.05) is 13.2 Å². The van der Waals surface area contributed by atoms with E-state index in [4.69, 9.17) is 23.7 Å². The minimum absolute atomic E-state index is 0.0275. The monoisotopic (exact) mass is 471 g/mol. The van der Waals surface area contributed by atoms with Crippen molar-refractivity contribution < 1.29 is 33.3 Å². The van der Waals surface area contributed by atoms with Crippen LogP contribution in [0.15, 0.2) is 23.5 Å². The van der Waals surface area contributed by atoms with E-state index >= 15 is 0 Å². The second kappa shape index (κ2) is 9.13. The van der Waals surface area contributed by atoms with Gasteiger partial charge in [0.15, 0.2) is 23.0 Å². The van der Waals surface area contributed by atoms with Crippen molar-refractivity contribution in [3.8, 4) is 17.2 Å². The molecule has 184 valence electrons. The number of rotatable bonds is 6.